The van der Waals surface area contributed by atoms with Crippen LogP contribution in [0.3, 0.4) is 0 Å². The Morgan fingerprint density at radius 2 is 1.58 bits per heavy atom. The Morgan fingerprint density at radius 3 is 2.31 bits per heavy atom. The van der Waals surface area contributed by atoms with E-state index in [1.165, 1.54) is 6.07 Å². The van der Waals surface area contributed by atoms with Gasteiger partial charge in [-0.25, -0.2) is 4.39 Å². The van der Waals surface area contributed by atoms with E-state index >= 15 is 0 Å². The topological polar surface area (TPSA) is 62.3 Å². The number of nitrogens with zero attached hydrogens (tertiary/aromatic N) is 3. The highest BCUT2D eigenvalue weighted by Gasteiger charge is 2.39. The van der Waals surface area contributed by atoms with Crippen LogP contribution in [-0.2, 0) is 13.1 Å². The van der Waals surface area contributed by atoms with Gasteiger partial charge in [-0.1, -0.05) is 30.3 Å². The molecular formula is C28H28FN3O4. The number of hydrogen-bond donors (Lipinski definition) is 0. The summed E-state index contributed by atoms with van der Waals surface area (Å²) in [5, 5.41) is 0. The molecule has 5 rings (SSSR count). The van der Waals surface area contributed by atoms with Crippen molar-refractivity contribution in [3.8, 4) is 11.5 Å². The van der Waals surface area contributed by atoms with E-state index in [0.29, 0.717) is 29.8 Å². The molecule has 186 valence electrons. The summed E-state index contributed by atoms with van der Waals surface area (Å²) >= 11 is 0. The Labute approximate surface area is 209 Å². The lowest BCUT2D eigenvalue weighted by atomic mass is 10.1. The zero-order valence-electron chi connectivity index (χ0n) is 20.4. The molecule has 8 heteroatoms. The first-order valence-corrected chi connectivity index (χ1v) is 11.9. The SMILES string of the molecule is COc1ccc(CN2CCN(c3cccc4c3C(=O)N(Cc3ccccc3F)C4=O)CC2)c(OC)c1. The third-order valence-electron chi connectivity index (χ3n) is 6.86. The Balaban J connectivity index is 1.30. The van der Waals surface area contributed by atoms with Gasteiger partial charge in [0.1, 0.15) is 17.3 Å². The van der Waals surface area contributed by atoms with Crippen molar-refractivity contribution in [2.24, 2.45) is 0 Å². The maximum absolute atomic E-state index is 14.2. The number of fused-ring (bicyclic) bond motifs is 1. The van der Waals surface area contributed by atoms with Crippen molar-refractivity contribution in [1.29, 1.82) is 0 Å². The molecule has 2 aliphatic heterocycles. The number of hydrogen-bond acceptors (Lipinski definition) is 6. The normalized spacial score (nSPS) is 15.9. The second-order valence-corrected chi connectivity index (χ2v) is 8.93. The lowest BCUT2D eigenvalue weighted by Crippen LogP contribution is -2.46. The molecule has 1 saturated heterocycles. The maximum Gasteiger partial charge on any atom is 0.263 e. The number of methoxy groups -OCH3 is 2. The summed E-state index contributed by atoms with van der Waals surface area (Å²) in [6.45, 7) is 3.66. The summed E-state index contributed by atoms with van der Waals surface area (Å²) in [4.78, 5) is 32.0. The molecule has 36 heavy (non-hydrogen) atoms. The molecule has 3 aromatic carbocycles. The standard InChI is InChI=1S/C28H28FN3O4/c1-35-21-11-10-20(25(16-21)36-2)17-30-12-14-31(15-13-30)24-9-5-7-22-26(24)28(34)32(27(22)33)18-19-6-3-4-8-23(19)29/h3-11,16H,12-15,17-18H2,1-2H3. The molecule has 0 saturated carbocycles. The highest BCUT2D eigenvalue weighted by Crippen LogP contribution is 2.34. The van der Waals surface area contributed by atoms with Crippen LogP contribution in [0.2, 0.25) is 0 Å². The van der Waals surface area contributed by atoms with Crippen molar-refractivity contribution in [1.82, 2.24) is 9.80 Å². The van der Waals surface area contributed by atoms with E-state index in [2.05, 4.69) is 9.80 Å². The van der Waals surface area contributed by atoms with Gasteiger partial charge in [0.05, 0.1) is 37.6 Å². The summed E-state index contributed by atoms with van der Waals surface area (Å²) in [6.07, 6.45) is 0. The largest absolute Gasteiger partial charge is 0.497 e. The van der Waals surface area contributed by atoms with Crippen LogP contribution in [-0.4, -0.2) is 62.0 Å². The molecule has 1 fully saturated rings. The second kappa shape index (κ2) is 9.99. The van der Waals surface area contributed by atoms with Crippen LogP contribution < -0.4 is 14.4 Å². The molecule has 3 aromatic rings. The fourth-order valence-corrected chi connectivity index (χ4v) is 4.89. The van der Waals surface area contributed by atoms with Crippen molar-refractivity contribution in [3.05, 3.63) is 88.7 Å². The van der Waals surface area contributed by atoms with Gasteiger partial charge in [0, 0.05) is 49.9 Å². The summed E-state index contributed by atoms with van der Waals surface area (Å²) < 4.78 is 25.0. The number of piperazine rings is 1. The van der Waals surface area contributed by atoms with Crippen molar-refractivity contribution >= 4 is 17.5 Å². The van der Waals surface area contributed by atoms with E-state index in [4.69, 9.17) is 9.47 Å². The maximum atomic E-state index is 14.2. The van der Waals surface area contributed by atoms with Gasteiger partial charge < -0.3 is 14.4 Å². The first-order valence-electron chi connectivity index (χ1n) is 11.9. The molecule has 0 aliphatic carbocycles. The Kier molecular flexibility index (Phi) is 6.61. The van der Waals surface area contributed by atoms with Gasteiger partial charge >= 0.3 is 0 Å². The molecule has 0 radical (unpaired) electrons. The van der Waals surface area contributed by atoms with Crippen LogP contribution >= 0.6 is 0 Å². The molecule has 0 bridgehead atoms. The van der Waals surface area contributed by atoms with Gasteiger partial charge in [-0.15, -0.1) is 0 Å². The summed E-state index contributed by atoms with van der Waals surface area (Å²) in [5.41, 5.74) is 2.93. The second-order valence-electron chi connectivity index (χ2n) is 8.93. The lowest BCUT2D eigenvalue weighted by molar-refractivity contribution is 0.0641. The molecule has 0 aromatic heterocycles. The number of rotatable bonds is 7. The number of benzene rings is 3. The van der Waals surface area contributed by atoms with Gasteiger partial charge in [0.15, 0.2) is 0 Å². The van der Waals surface area contributed by atoms with Crippen molar-refractivity contribution < 1.29 is 23.5 Å². The molecule has 7 nitrogen and oxygen atoms in total. The number of carbonyl (C=O) groups is 2. The predicted molar refractivity (Wildman–Crippen MR) is 134 cm³/mol. The van der Waals surface area contributed by atoms with Crippen molar-refractivity contribution in [3.63, 3.8) is 0 Å². The monoisotopic (exact) mass is 489 g/mol. The number of imide groups is 1. The number of amides is 2. The van der Waals surface area contributed by atoms with Gasteiger partial charge in [-0.2, -0.15) is 0 Å². The molecule has 0 N–H and O–H groups in total. The van der Waals surface area contributed by atoms with Crippen LogP contribution in [0.25, 0.3) is 0 Å². The minimum atomic E-state index is -0.432. The van der Waals surface area contributed by atoms with Crippen LogP contribution in [0.5, 0.6) is 11.5 Å². The molecule has 0 unspecified atom stereocenters. The van der Waals surface area contributed by atoms with Gasteiger partial charge in [-0.05, 0) is 24.3 Å². The molecular weight excluding hydrogens is 461 g/mol. The number of carbonyl (C=O) groups excluding carboxylic acids is 2. The van der Waals surface area contributed by atoms with E-state index in [0.717, 1.165) is 47.3 Å². The summed E-state index contributed by atoms with van der Waals surface area (Å²) in [6, 6.07) is 17.4. The minimum absolute atomic E-state index is 0.0874. The fourth-order valence-electron chi connectivity index (χ4n) is 4.89. The average Bonchev–Trinajstić information content (AvgIpc) is 3.15. The van der Waals surface area contributed by atoms with Crippen LogP contribution in [0.15, 0.2) is 60.7 Å². The van der Waals surface area contributed by atoms with E-state index in [9.17, 15) is 14.0 Å². The van der Waals surface area contributed by atoms with E-state index in [-0.39, 0.29) is 18.4 Å². The quantitative estimate of drug-likeness (QED) is 0.468. The third kappa shape index (κ3) is 4.40. The Morgan fingerprint density at radius 1 is 0.806 bits per heavy atom. The first-order chi connectivity index (χ1) is 17.5. The zero-order valence-corrected chi connectivity index (χ0v) is 20.4. The predicted octanol–water partition coefficient (Wildman–Crippen LogP) is 3.96. The van der Waals surface area contributed by atoms with E-state index < -0.39 is 5.82 Å². The first kappa shape index (κ1) is 23.8. The minimum Gasteiger partial charge on any atom is -0.497 e. The lowest BCUT2D eigenvalue weighted by Gasteiger charge is -2.37. The van der Waals surface area contributed by atoms with Crippen LogP contribution in [0.1, 0.15) is 31.8 Å². The smallest absolute Gasteiger partial charge is 0.263 e. The van der Waals surface area contributed by atoms with Crippen molar-refractivity contribution in [2.45, 2.75) is 13.1 Å². The van der Waals surface area contributed by atoms with Crippen LogP contribution in [0, 0.1) is 5.82 Å². The van der Waals surface area contributed by atoms with Gasteiger partial charge in [0.2, 0.25) is 0 Å². The average molecular weight is 490 g/mol. The fraction of sp³-hybridized carbons (Fsp3) is 0.286. The Hall–Kier alpha value is -3.91. The Bertz CT molecular complexity index is 1300. The summed E-state index contributed by atoms with van der Waals surface area (Å²) in [7, 11) is 3.28. The summed E-state index contributed by atoms with van der Waals surface area (Å²) in [5.74, 6) is 0.349. The molecule has 2 amide bonds. The number of anilines is 1. The number of ether oxygens (including phenoxy) is 2. The molecule has 2 aliphatic rings. The van der Waals surface area contributed by atoms with Crippen molar-refractivity contribution in [2.75, 3.05) is 45.3 Å². The highest BCUT2D eigenvalue weighted by atomic mass is 19.1. The third-order valence-corrected chi connectivity index (χ3v) is 6.86. The molecule has 0 atom stereocenters. The number of halogens is 1. The van der Waals surface area contributed by atoms with Gasteiger partial charge in [-0.3, -0.25) is 19.4 Å². The molecule has 0 spiro atoms. The van der Waals surface area contributed by atoms with E-state index in [1.807, 2.05) is 24.3 Å². The van der Waals surface area contributed by atoms with E-state index in [1.54, 1.807) is 44.6 Å². The van der Waals surface area contributed by atoms with Crippen LogP contribution in [0.4, 0.5) is 10.1 Å². The zero-order chi connectivity index (χ0) is 25.2. The molecule has 2 heterocycles. The van der Waals surface area contributed by atoms with Gasteiger partial charge in [0.25, 0.3) is 11.8 Å². The highest BCUT2D eigenvalue weighted by molar-refractivity contribution is 6.23.